The predicted molar refractivity (Wildman–Crippen MR) is 49.8 cm³/mol. The van der Waals surface area contributed by atoms with Crippen molar-refractivity contribution in [1.29, 1.82) is 0 Å². The van der Waals surface area contributed by atoms with Gasteiger partial charge in [-0.25, -0.2) is 0 Å². The van der Waals surface area contributed by atoms with Crippen molar-refractivity contribution in [1.82, 2.24) is 0 Å². The van der Waals surface area contributed by atoms with Crippen molar-refractivity contribution >= 4 is 11.8 Å². The van der Waals surface area contributed by atoms with Gasteiger partial charge in [-0.05, 0) is 43.1 Å². The molecule has 0 N–H and O–H groups in total. The van der Waals surface area contributed by atoms with Crippen molar-refractivity contribution in [2.45, 2.75) is 25.7 Å². The van der Waals surface area contributed by atoms with Crippen molar-refractivity contribution in [3.63, 3.8) is 0 Å². The lowest BCUT2D eigenvalue weighted by Crippen LogP contribution is -2.12. The molecule has 60 valence electrons. The summed E-state index contributed by atoms with van der Waals surface area (Å²) in [7, 11) is 0. The molecule has 0 saturated carbocycles. The van der Waals surface area contributed by atoms with Crippen molar-refractivity contribution in [2.75, 3.05) is 11.5 Å². The van der Waals surface area contributed by atoms with E-state index in [4.69, 9.17) is 0 Å². The average Bonchev–Trinajstić information content (AvgIpc) is 2.54. The highest BCUT2D eigenvalue weighted by atomic mass is 32.2. The highest BCUT2D eigenvalue weighted by Gasteiger charge is 2.46. The summed E-state index contributed by atoms with van der Waals surface area (Å²) in [5.74, 6) is 5.00. The van der Waals surface area contributed by atoms with Gasteiger partial charge in [0.1, 0.15) is 0 Å². The Balaban J connectivity index is 1.63. The van der Waals surface area contributed by atoms with E-state index in [1.165, 1.54) is 37.2 Å². The Labute approximate surface area is 72.4 Å². The zero-order valence-corrected chi connectivity index (χ0v) is 7.62. The normalized spacial score (nSPS) is 31.6. The third-order valence-corrected chi connectivity index (χ3v) is 4.53. The molecule has 11 heavy (non-hydrogen) atoms. The monoisotopic (exact) mass is 166 g/mol. The highest BCUT2D eigenvalue weighted by Crippen LogP contribution is 2.59. The van der Waals surface area contributed by atoms with Crippen molar-refractivity contribution in [3.05, 3.63) is 11.1 Å². The first kappa shape index (κ1) is 6.59. The van der Waals surface area contributed by atoms with Crippen LogP contribution in [0.5, 0.6) is 0 Å². The molecule has 0 amide bonds. The van der Waals surface area contributed by atoms with E-state index in [-0.39, 0.29) is 0 Å². The number of allylic oxidation sites excluding steroid dienone is 2. The van der Waals surface area contributed by atoms with Gasteiger partial charge < -0.3 is 0 Å². The molecule has 0 aromatic rings. The van der Waals surface area contributed by atoms with E-state index in [0.29, 0.717) is 0 Å². The van der Waals surface area contributed by atoms with Crippen LogP contribution in [0.25, 0.3) is 0 Å². The van der Waals surface area contributed by atoms with Crippen LogP contribution < -0.4 is 0 Å². The topological polar surface area (TPSA) is 0 Å². The number of thioether (sulfide) groups is 1. The molecular formula is C10H14S. The Morgan fingerprint density at radius 1 is 1.00 bits per heavy atom. The number of rotatable bonds is 1. The molecule has 0 atom stereocenters. The minimum Gasteiger partial charge on any atom is -0.162 e. The second-order valence-electron chi connectivity index (χ2n) is 3.98. The minimum atomic E-state index is 1.05. The van der Waals surface area contributed by atoms with Gasteiger partial charge in [-0.1, -0.05) is 11.1 Å². The Morgan fingerprint density at radius 3 is 2.18 bits per heavy atom. The fraction of sp³-hybridized carbons (Fsp3) is 0.800. The maximum absolute atomic E-state index is 2.15. The second-order valence-corrected chi connectivity index (χ2v) is 5.20. The van der Waals surface area contributed by atoms with E-state index in [1.807, 2.05) is 11.1 Å². The van der Waals surface area contributed by atoms with E-state index in [9.17, 15) is 0 Å². The Kier molecular flexibility index (Phi) is 1.37. The Morgan fingerprint density at radius 2 is 1.64 bits per heavy atom. The lowest BCUT2D eigenvalue weighted by molar-refractivity contribution is 0.446. The van der Waals surface area contributed by atoms with Crippen LogP contribution in [0.1, 0.15) is 25.7 Å². The van der Waals surface area contributed by atoms with Gasteiger partial charge in [0, 0.05) is 5.92 Å². The largest absolute Gasteiger partial charge is 0.162 e. The Hall–Kier alpha value is 0.0900. The third kappa shape index (κ3) is 0.900. The maximum Gasteiger partial charge on any atom is 0.00418 e. The summed E-state index contributed by atoms with van der Waals surface area (Å²) in [6.45, 7) is 0. The van der Waals surface area contributed by atoms with Gasteiger partial charge in [0.2, 0.25) is 0 Å². The van der Waals surface area contributed by atoms with Crippen molar-refractivity contribution < 1.29 is 0 Å². The van der Waals surface area contributed by atoms with E-state index in [0.717, 1.165) is 11.8 Å². The molecule has 1 saturated heterocycles. The summed E-state index contributed by atoms with van der Waals surface area (Å²) < 4.78 is 0. The van der Waals surface area contributed by atoms with Crippen LogP contribution in [-0.4, -0.2) is 11.5 Å². The van der Waals surface area contributed by atoms with Crippen molar-refractivity contribution in [2.24, 2.45) is 11.8 Å². The summed E-state index contributed by atoms with van der Waals surface area (Å²) in [6.07, 6.45) is 5.93. The number of hydrogen-bond acceptors (Lipinski definition) is 1. The second kappa shape index (κ2) is 2.29. The SMILES string of the molecule is C1CC(C2C3=C2CC3)CCS1. The van der Waals surface area contributed by atoms with Crippen LogP contribution >= 0.6 is 11.8 Å². The van der Waals surface area contributed by atoms with E-state index < -0.39 is 0 Å². The van der Waals surface area contributed by atoms with Crippen LogP contribution in [0.15, 0.2) is 11.1 Å². The average molecular weight is 166 g/mol. The zero-order chi connectivity index (χ0) is 7.26. The molecule has 1 heterocycles. The summed E-state index contributed by atoms with van der Waals surface area (Å²) in [5.41, 5.74) is 3.75. The Bertz CT molecular complexity index is 197. The van der Waals surface area contributed by atoms with Gasteiger partial charge in [-0.15, -0.1) is 0 Å². The molecule has 0 unspecified atom stereocenters. The van der Waals surface area contributed by atoms with Gasteiger partial charge in [-0.2, -0.15) is 11.8 Å². The molecule has 0 nitrogen and oxygen atoms in total. The molecule has 0 radical (unpaired) electrons. The maximum atomic E-state index is 2.15. The fourth-order valence-corrected chi connectivity index (χ4v) is 3.83. The van der Waals surface area contributed by atoms with E-state index in [2.05, 4.69) is 11.8 Å². The molecule has 1 aliphatic heterocycles. The van der Waals surface area contributed by atoms with Crippen molar-refractivity contribution in [3.8, 4) is 0 Å². The molecule has 0 aromatic heterocycles. The molecule has 1 heteroatoms. The first-order chi connectivity index (χ1) is 5.47. The zero-order valence-electron chi connectivity index (χ0n) is 6.81. The quantitative estimate of drug-likeness (QED) is 0.540. The van der Waals surface area contributed by atoms with E-state index in [1.54, 1.807) is 0 Å². The highest BCUT2D eigenvalue weighted by molar-refractivity contribution is 7.99. The van der Waals surface area contributed by atoms with Gasteiger partial charge in [-0.3, -0.25) is 0 Å². The molecule has 1 fully saturated rings. The molecule has 3 rings (SSSR count). The number of hydrogen-bond donors (Lipinski definition) is 0. The summed E-state index contributed by atoms with van der Waals surface area (Å²) in [4.78, 5) is 0. The van der Waals surface area contributed by atoms with Crippen LogP contribution in [0.4, 0.5) is 0 Å². The standard InChI is InChI=1S/C10H14S/c1-2-9-8(1)10(9)7-3-5-11-6-4-7/h7,10H,1-6H2. The summed E-state index contributed by atoms with van der Waals surface area (Å²) >= 11 is 2.15. The van der Waals surface area contributed by atoms with Gasteiger partial charge in [0.25, 0.3) is 0 Å². The predicted octanol–water partition coefficient (Wildman–Crippen LogP) is 2.85. The van der Waals surface area contributed by atoms with Gasteiger partial charge >= 0.3 is 0 Å². The molecule has 0 bridgehead atoms. The van der Waals surface area contributed by atoms with Crippen LogP contribution in [-0.2, 0) is 0 Å². The van der Waals surface area contributed by atoms with Crippen LogP contribution in [0.2, 0.25) is 0 Å². The summed E-state index contributed by atoms with van der Waals surface area (Å²) in [5, 5.41) is 0. The minimum absolute atomic E-state index is 1.05. The molecule has 3 aliphatic rings. The van der Waals surface area contributed by atoms with Crippen LogP contribution in [0.3, 0.4) is 0 Å². The van der Waals surface area contributed by atoms with Gasteiger partial charge in [0.15, 0.2) is 0 Å². The summed E-state index contributed by atoms with van der Waals surface area (Å²) in [6, 6.07) is 0. The third-order valence-electron chi connectivity index (χ3n) is 3.48. The van der Waals surface area contributed by atoms with Crippen LogP contribution in [0, 0.1) is 11.8 Å². The molecule has 0 spiro atoms. The fourth-order valence-electron chi connectivity index (χ4n) is 2.68. The molecular weight excluding hydrogens is 152 g/mol. The lowest BCUT2D eigenvalue weighted by Gasteiger charge is -2.21. The van der Waals surface area contributed by atoms with E-state index >= 15 is 0 Å². The van der Waals surface area contributed by atoms with Gasteiger partial charge in [0.05, 0.1) is 0 Å². The molecule has 0 aromatic carbocycles. The lowest BCUT2D eigenvalue weighted by atomic mass is 9.94. The molecule has 2 aliphatic carbocycles. The smallest absolute Gasteiger partial charge is 0.00418 e. The first-order valence-corrected chi connectivity index (χ1v) is 5.92. The first-order valence-electron chi connectivity index (χ1n) is 4.76.